The molecule has 6 heteroatoms. The molecule has 1 atom stereocenters. The van der Waals surface area contributed by atoms with Gasteiger partial charge in [-0.1, -0.05) is 25.3 Å². The van der Waals surface area contributed by atoms with E-state index >= 15 is 0 Å². The maximum atomic E-state index is 13.1. The maximum Gasteiger partial charge on any atom is 0.206 e. The number of aryl methyl sites for hydroxylation is 1. The average molecular weight is 455 g/mol. The molecule has 1 saturated heterocycles. The molecule has 1 aliphatic heterocycles. The average Bonchev–Trinajstić information content (AvgIpc) is 3.28. The van der Waals surface area contributed by atoms with Crippen LogP contribution in [0.4, 0.5) is 0 Å². The van der Waals surface area contributed by atoms with E-state index in [1.807, 2.05) is 6.07 Å². The van der Waals surface area contributed by atoms with Crippen molar-refractivity contribution in [1.29, 1.82) is 0 Å². The number of methoxy groups -OCH3 is 1. The van der Waals surface area contributed by atoms with Crippen molar-refractivity contribution in [1.82, 2.24) is 9.80 Å². The largest absolute Gasteiger partial charge is 0.497 e. The molecule has 32 heavy (non-hydrogen) atoms. The zero-order chi connectivity index (χ0) is 22.1. The minimum Gasteiger partial charge on any atom is -0.497 e. The van der Waals surface area contributed by atoms with Crippen molar-refractivity contribution in [3.8, 4) is 5.75 Å². The molecule has 0 spiro atoms. The molecule has 0 radical (unpaired) electrons. The van der Waals surface area contributed by atoms with E-state index in [9.17, 15) is 8.42 Å². The highest BCUT2D eigenvalue weighted by Gasteiger charge is 2.33. The van der Waals surface area contributed by atoms with E-state index in [1.165, 1.54) is 56.3 Å². The molecule has 0 aromatic heterocycles. The van der Waals surface area contributed by atoms with Gasteiger partial charge in [-0.3, -0.25) is 9.80 Å². The minimum absolute atomic E-state index is 0.312. The van der Waals surface area contributed by atoms with Crippen LogP contribution < -0.4 is 4.74 Å². The number of piperazine rings is 1. The van der Waals surface area contributed by atoms with Gasteiger partial charge in [0.1, 0.15) is 5.75 Å². The van der Waals surface area contributed by atoms with Gasteiger partial charge in [0.15, 0.2) is 0 Å². The Morgan fingerprint density at radius 3 is 2.16 bits per heavy atom. The lowest BCUT2D eigenvalue weighted by atomic mass is 9.93. The van der Waals surface area contributed by atoms with Crippen LogP contribution >= 0.6 is 0 Å². The van der Waals surface area contributed by atoms with Crippen molar-refractivity contribution in [2.45, 2.75) is 66.8 Å². The molecule has 3 aliphatic rings. The van der Waals surface area contributed by atoms with E-state index in [4.69, 9.17) is 4.74 Å². The Kier molecular flexibility index (Phi) is 6.28. The van der Waals surface area contributed by atoms with Gasteiger partial charge in [-0.15, -0.1) is 0 Å². The van der Waals surface area contributed by atoms with Gasteiger partial charge in [0.2, 0.25) is 9.84 Å². The lowest BCUT2D eigenvalue weighted by Gasteiger charge is -2.42. The van der Waals surface area contributed by atoms with Gasteiger partial charge in [-0.05, 0) is 73.2 Å². The summed E-state index contributed by atoms with van der Waals surface area (Å²) in [6.07, 6.45) is 8.98. The molecule has 172 valence electrons. The fourth-order valence-electron chi connectivity index (χ4n) is 5.87. The second kappa shape index (κ2) is 9.16. The number of rotatable bonds is 5. The molecule has 2 fully saturated rings. The number of benzene rings is 2. The molecule has 1 saturated carbocycles. The molecular formula is C26H34N2O3S. The SMILES string of the molecule is COc1ccc(S(=O)(=O)c2ccc3c(c2)CCC3N2CCN(C3CCCCC3)CC2)cc1. The first-order chi connectivity index (χ1) is 15.6. The van der Waals surface area contributed by atoms with Crippen molar-refractivity contribution in [3.05, 3.63) is 53.6 Å². The Balaban J connectivity index is 1.28. The lowest BCUT2D eigenvalue weighted by Crippen LogP contribution is -2.51. The van der Waals surface area contributed by atoms with Gasteiger partial charge in [0, 0.05) is 38.3 Å². The first kappa shape index (κ1) is 21.9. The summed E-state index contributed by atoms with van der Waals surface area (Å²) in [7, 11) is -1.94. The van der Waals surface area contributed by atoms with E-state index in [0.717, 1.165) is 32.0 Å². The third-order valence-electron chi connectivity index (χ3n) is 7.72. The molecule has 2 aliphatic carbocycles. The standard InChI is InChI=1S/C26H34N2O3S/c1-31-22-8-10-23(11-9-22)32(29,30)24-12-13-25-20(19-24)7-14-26(25)28-17-15-27(16-18-28)21-5-3-2-4-6-21/h8-13,19,21,26H,2-7,14-18H2,1H3. The van der Waals surface area contributed by atoms with Crippen molar-refractivity contribution >= 4 is 9.84 Å². The minimum atomic E-state index is -3.52. The molecule has 0 amide bonds. The molecule has 1 unspecified atom stereocenters. The van der Waals surface area contributed by atoms with Gasteiger partial charge in [0.25, 0.3) is 0 Å². The fraction of sp³-hybridized carbons (Fsp3) is 0.538. The van der Waals surface area contributed by atoms with Crippen LogP contribution in [0.3, 0.4) is 0 Å². The summed E-state index contributed by atoms with van der Waals surface area (Å²) in [4.78, 5) is 6.05. The fourth-order valence-corrected chi connectivity index (χ4v) is 7.18. The van der Waals surface area contributed by atoms with Gasteiger partial charge >= 0.3 is 0 Å². The second-order valence-electron chi connectivity index (χ2n) is 9.46. The summed E-state index contributed by atoms with van der Waals surface area (Å²) in [6.45, 7) is 4.57. The molecule has 0 N–H and O–H groups in total. The zero-order valence-corrected chi connectivity index (χ0v) is 19.8. The van der Waals surface area contributed by atoms with Crippen LogP contribution in [0.2, 0.25) is 0 Å². The highest BCUT2D eigenvalue weighted by molar-refractivity contribution is 7.91. The first-order valence-corrected chi connectivity index (χ1v) is 13.5. The predicted octanol–water partition coefficient (Wildman–Crippen LogP) is 4.47. The monoisotopic (exact) mass is 454 g/mol. The maximum absolute atomic E-state index is 13.1. The molecule has 5 nitrogen and oxygen atoms in total. The smallest absolute Gasteiger partial charge is 0.206 e. The number of sulfone groups is 1. The van der Waals surface area contributed by atoms with E-state index in [2.05, 4.69) is 15.9 Å². The lowest BCUT2D eigenvalue weighted by molar-refractivity contribution is 0.0564. The van der Waals surface area contributed by atoms with Gasteiger partial charge in [0.05, 0.1) is 16.9 Å². The zero-order valence-electron chi connectivity index (χ0n) is 19.0. The van der Waals surface area contributed by atoms with E-state index < -0.39 is 9.84 Å². The Morgan fingerprint density at radius 2 is 1.47 bits per heavy atom. The molecule has 1 heterocycles. The molecular weight excluding hydrogens is 420 g/mol. The van der Waals surface area contributed by atoms with Crippen LogP contribution in [-0.2, 0) is 16.3 Å². The highest BCUT2D eigenvalue weighted by Crippen LogP contribution is 2.38. The van der Waals surface area contributed by atoms with Crippen LogP contribution in [0.25, 0.3) is 0 Å². The number of hydrogen-bond donors (Lipinski definition) is 0. The van der Waals surface area contributed by atoms with Crippen molar-refractivity contribution in [2.24, 2.45) is 0 Å². The summed E-state index contributed by atoms with van der Waals surface area (Å²) in [5.74, 6) is 0.657. The summed E-state index contributed by atoms with van der Waals surface area (Å²) in [6, 6.07) is 13.6. The molecule has 2 aromatic rings. The molecule has 5 rings (SSSR count). The van der Waals surface area contributed by atoms with E-state index in [0.29, 0.717) is 21.6 Å². The van der Waals surface area contributed by atoms with Crippen molar-refractivity contribution < 1.29 is 13.2 Å². The van der Waals surface area contributed by atoms with Gasteiger partial charge in [-0.25, -0.2) is 8.42 Å². The number of nitrogens with zero attached hydrogens (tertiary/aromatic N) is 2. The van der Waals surface area contributed by atoms with Crippen LogP contribution in [0.5, 0.6) is 5.75 Å². The highest BCUT2D eigenvalue weighted by atomic mass is 32.2. The Bertz CT molecular complexity index is 1040. The van der Waals surface area contributed by atoms with Crippen LogP contribution in [0.15, 0.2) is 52.3 Å². The quantitative estimate of drug-likeness (QED) is 0.667. The normalized spacial score (nSPS) is 23.2. The molecule has 2 aromatic carbocycles. The van der Waals surface area contributed by atoms with Crippen LogP contribution in [0.1, 0.15) is 55.7 Å². The summed E-state index contributed by atoms with van der Waals surface area (Å²) in [5, 5.41) is 0. The summed E-state index contributed by atoms with van der Waals surface area (Å²) < 4.78 is 31.4. The van der Waals surface area contributed by atoms with E-state index in [-0.39, 0.29) is 0 Å². The number of hydrogen-bond acceptors (Lipinski definition) is 5. The molecule has 0 bridgehead atoms. The predicted molar refractivity (Wildman–Crippen MR) is 126 cm³/mol. The Labute approximate surface area is 192 Å². The Hall–Kier alpha value is -1.89. The summed E-state index contributed by atoms with van der Waals surface area (Å²) in [5.41, 5.74) is 2.52. The number of ether oxygens (including phenoxy) is 1. The second-order valence-corrected chi connectivity index (χ2v) is 11.4. The van der Waals surface area contributed by atoms with Crippen molar-refractivity contribution in [3.63, 3.8) is 0 Å². The van der Waals surface area contributed by atoms with E-state index in [1.54, 1.807) is 37.4 Å². The third-order valence-corrected chi connectivity index (χ3v) is 9.49. The van der Waals surface area contributed by atoms with Gasteiger partial charge in [-0.2, -0.15) is 0 Å². The van der Waals surface area contributed by atoms with Crippen LogP contribution in [-0.4, -0.2) is 57.5 Å². The summed E-state index contributed by atoms with van der Waals surface area (Å²) >= 11 is 0. The first-order valence-electron chi connectivity index (χ1n) is 12.1. The Morgan fingerprint density at radius 1 is 0.812 bits per heavy atom. The number of fused-ring (bicyclic) bond motifs is 1. The van der Waals surface area contributed by atoms with Crippen molar-refractivity contribution in [2.75, 3.05) is 33.3 Å². The van der Waals surface area contributed by atoms with Crippen LogP contribution in [0, 0.1) is 0 Å². The van der Waals surface area contributed by atoms with Gasteiger partial charge < -0.3 is 4.74 Å². The topological polar surface area (TPSA) is 49.9 Å². The third kappa shape index (κ3) is 4.20.